The van der Waals surface area contributed by atoms with Crippen LogP contribution in [0.5, 0.6) is 5.75 Å². The second-order valence-electron chi connectivity index (χ2n) is 6.15. The summed E-state index contributed by atoms with van der Waals surface area (Å²) >= 11 is 0. The Hall–Kier alpha value is -3.42. The average molecular weight is 369 g/mol. The minimum Gasteiger partial charge on any atom is -0.494 e. The van der Waals surface area contributed by atoms with Crippen molar-refractivity contribution in [2.45, 2.75) is 19.3 Å². The number of amides is 2. The molecule has 0 saturated carbocycles. The standard InChI is InChI=1S/C19H19N3O5/c1-27-17-12-14(8-9-16(17)21-10-4-7-19(21)24)20-18(23)11-13-5-2-3-6-15(13)22(25)26/h2-3,5-6,8-9,12H,4,7,10-11H2,1H3,(H,20,23). The van der Waals surface area contributed by atoms with Crippen LogP contribution in [0.4, 0.5) is 17.1 Å². The normalized spacial score (nSPS) is 13.5. The van der Waals surface area contributed by atoms with Gasteiger partial charge in [-0.25, -0.2) is 0 Å². The van der Waals surface area contributed by atoms with E-state index in [-0.39, 0.29) is 23.9 Å². The van der Waals surface area contributed by atoms with Gasteiger partial charge in [-0.1, -0.05) is 18.2 Å². The molecule has 3 rings (SSSR count). The predicted molar refractivity (Wildman–Crippen MR) is 100 cm³/mol. The summed E-state index contributed by atoms with van der Waals surface area (Å²) in [6.07, 6.45) is 1.19. The minimum absolute atomic E-state index is 0.0430. The number of methoxy groups -OCH3 is 1. The Morgan fingerprint density at radius 1 is 1.30 bits per heavy atom. The molecule has 8 nitrogen and oxygen atoms in total. The highest BCUT2D eigenvalue weighted by atomic mass is 16.6. The molecule has 2 aromatic rings. The molecule has 1 saturated heterocycles. The van der Waals surface area contributed by atoms with E-state index in [9.17, 15) is 19.7 Å². The van der Waals surface area contributed by atoms with Crippen LogP contribution in [-0.2, 0) is 16.0 Å². The van der Waals surface area contributed by atoms with Gasteiger partial charge in [-0.15, -0.1) is 0 Å². The van der Waals surface area contributed by atoms with Crippen LogP contribution in [-0.4, -0.2) is 30.4 Å². The highest BCUT2D eigenvalue weighted by Crippen LogP contribution is 2.34. The van der Waals surface area contributed by atoms with Crippen molar-refractivity contribution in [1.82, 2.24) is 0 Å². The summed E-state index contributed by atoms with van der Waals surface area (Å²) in [6, 6.07) is 11.2. The average Bonchev–Trinajstić information content (AvgIpc) is 3.07. The quantitative estimate of drug-likeness (QED) is 0.623. The lowest BCUT2D eigenvalue weighted by atomic mass is 10.1. The first-order valence-electron chi connectivity index (χ1n) is 8.50. The molecule has 0 spiro atoms. The van der Waals surface area contributed by atoms with Gasteiger partial charge >= 0.3 is 0 Å². The summed E-state index contributed by atoms with van der Waals surface area (Å²) in [7, 11) is 1.50. The van der Waals surface area contributed by atoms with Gasteiger partial charge in [-0.3, -0.25) is 19.7 Å². The maximum atomic E-state index is 12.3. The molecule has 0 atom stereocenters. The number of carbonyl (C=O) groups excluding carboxylic acids is 2. The summed E-state index contributed by atoms with van der Waals surface area (Å²) in [5.41, 5.74) is 1.40. The first-order valence-corrected chi connectivity index (χ1v) is 8.50. The zero-order chi connectivity index (χ0) is 19.4. The third kappa shape index (κ3) is 4.05. The zero-order valence-electron chi connectivity index (χ0n) is 14.8. The molecule has 0 unspecified atom stereocenters. The van der Waals surface area contributed by atoms with Crippen molar-refractivity contribution in [2.75, 3.05) is 23.9 Å². The van der Waals surface area contributed by atoms with Crippen LogP contribution < -0.4 is 15.0 Å². The van der Waals surface area contributed by atoms with Gasteiger partial charge in [-0.2, -0.15) is 0 Å². The Morgan fingerprint density at radius 2 is 2.07 bits per heavy atom. The highest BCUT2D eigenvalue weighted by molar-refractivity contribution is 5.98. The predicted octanol–water partition coefficient (Wildman–Crippen LogP) is 2.91. The largest absolute Gasteiger partial charge is 0.494 e. The first-order chi connectivity index (χ1) is 13.0. The molecule has 140 valence electrons. The summed E-state index contributed by atoms with van der Waals surface area (Å²) in [4.78, 5) is 36.5. The van der Waals surface area contributed by atoms with E-state index in [0.717, 1.165) is 6.42 Å². The molecule has 1 fully saturated rings. The number of nitrogens with one attached hydrogen (secondary N) is 1. The molecule has 2 amide bonds. The SMILES string of the molecule is COc1cc(NC(=O)Cc2ccccc2[N+](=O)[O-])ccc1N1CCCC1=O. The van der Waals surface area contributed by atoms with Crippen LogP contribution >= 0.6 is 0 Å². The van der Waals surface area contributed by atoms with Gasteiger partial charge in [-0.05, 0) is 18.6 Å². The topological polar surface area (TPSA) is 102 Å². The van der Waals surface area contributed by atoms with E-state index in [4.69, 9.17) is 4.74 Å². The molecule has 1 N–H and O–H groups in total. The Bertz CT molecular complexity index is 897. The van der Waals surface area contributed by atoms with Crippen molar-refractivity contribution >= 4 is 28.9 Å². The van der Waals surface area contributed by atoms with Crippen LogP contribution in [0.15, 0.2) is 42.5 Å². The fourth-order valence-electron chi connectivity index (χ4n) is 3.10. The van der Waals surface area contributed by atoms with E-state index in [1.165, 1.54) is 13.2 Å². The summed E-state index contributed by atoms with van der Waals surface area (Å²) < 4.78 is 5.36. The van der Waals surface area contributed by atoms with Gasteiger partial charge in [0.05, 0.1) is 24.1 Å². The van der Waals surface area contributed by atoms with Gasteiger partial charge < -0.3 is 15.0 Å². The van der Waals surface area contributed by atoms with Gasteiger partial charge in [0.1, 0.15) is 5.75 Å². The van der Waals surface area contributed by atoms with E-state index >= 15 is 0 Å². The second-order valence-corrected chi connectivity index (χ2v) is 6.15. The number of nitro benzene ring substituents is 1. The number of hydrogen-bond donors (Lipinski definition) is 1. The minimum atomic E-state index is -0.506. The Kier molecular flexibility index (Phi) is 5.35. The molecule has 0 aromatic heterocycles. The van der Waals surface area contributed by atoms with Crippen molar-refractivity contribution in [1.29, 1.82) is 0 Å². The number of ether oxygens (including phenoxy) is 1. The molecule has 0 aliphatic carbocycles. The van der Waals surface area contributed by atoms with Gasteiger partial charge in [0.15, 0.2) is 0 Å². The highest BCUT2D eigenvalue weighted by Gasteiger charge is 2.24. The molecular weight excluding hydrogens is 350 g/mol. The van der Waals surface area contributed by atoms with E-state index in [1.54, 1.807) is 41.3 Å². The number of anilines is 2. The fraction of sp³-hybridized carbons (Fsp3) is 0.263. The van der Waals surface area contributed by atoms with E-state index in [2.05, 4.69) is 5.32 Å². The monoisotopic (exact) mass is 369 g/mol. The molecule has 0 radical (unpaired) electrons. The summed E-state index contributed by atoms with van der Waals surface area (Å²) in [5.74, 6) is 0.145. The van der Waals surface area contributed by atoms with Crippen molar-refractivity contribution in [2.24, 2.45) is 0 Å². The van der Waals surface area contributed by atoms with E-state index in [1.807, 2.05) is 0 Å². The fourth-order valence-corrected chi connectivity index (χ4v) is 3.10. The maximum absolute atomic E-state index is 12.3. The van der Waals surface area contributed by atoms with Crippen LogP contribution in [0.25, 0.3) is 0 Å². The number of rotatable bonds is 6. The van der Waals surface area contributed by atoms with Crippen molar-refractivity contribution < 1.29 is 19.2 Å². The molecule has 8 heteroatoms. The van der Waals surface area contributed by atoms with E-state index in [0.29, 0.717) is 35.7 Å². The summed E-state index contributed by atoms with van der Waals surface area (Å²) in [6.45, 7) is 0.637. The smallest absolute Gasteiger partial charge is 0.273 e. The van der Waals surface area contributed by atoms with Gasteiger partial charge in [0.25, 0.3) is 5.69 Å². The molecule has 1 aliphatic heterocycles. The maximum Gasteiger partial charge on any atom is 0.273 e. The Labute approximate surface area is 155 Å². The number of para-hydroxylation sites is 1. The van der Waals surface area contributed by atoms with Crippen molar-refractivity contribution in [3.63, 3.8) is 0 Å². The Balaban J connectivity index is 1.75. The lowest BCUT2D eigenvalue weighted by molar-refractivity contribution is -0.385. The molecular formula is C19H19N3O5. The van der Waals surface area contributed by atoms with Crippen LogP contribution in [0.3, 0.4) is 0 Å². The van der Waals surface area contributed by atoms with Crippen LogP contribution in [0.2, 0.25) is 0 Å². The number of nitro groups is 1. The van der Waals surface area contributed by atoms with Crippen molar-refractivity contribution in [3.05, 3.63) is 58.1 Å². The number of carbonyl (C=O) groups is 2. The molecule has 1 heterocycles. The molecule has 0 bridgehead atoms. The first kappa shape index (κ1) is 18.4. The Morgan fingerprint density at radius 3 is 2.74 bits per heavy atom. The molecule has 27 heavy (non-hydrogen) atoms. The summed E-state index contributed by atoms with van der Waals surface area (Å²) in [5, 5.41) is 13.8. The third-order valence-corrected chi connectivity index (χ3v) is 4.37. The van der Waals surface area contributed by atoms with Gasteiger partial charge in [0, 0.05) is 36.3 Å². The van der Waals surface area contributed by atoms with Crippen LogP contribution in [0, 0.1) is 10.1 Å². The van der Waals surface area contributed by atoms with Gasteiger partial charge in [0.2, 0.25) is 11.8 Å². The van der Waals surface area contributed by atoms with Crippen LogP contribution in [0.1, 0.15) is 18.4 Å². The molecule has 2 aromatic carbocycles. The number of benzene rings is 2. The van der Waals surface area contributed by atoms with E-state index < -0.39 is 4.92 Å². The second kappa shape index (κ2) is 7.86. The lowest BCUT2D eigenvalue weighted by Gasteiger charge is -2.19. The number of nitrogens with zero attached hydrogens (tertiary/aromatic N) is 2. The number of hydrogen-bond acceptors (Lipinski definition) is 5. The van der Waals surface area contributed by atoms with Crippen molar-refractivity contribution in [3.8, 4) is 5.75 Å². The third-order valence-electron chi connectivity index (χ3n) is 4.37. The zero-order valence-corrected chi connectivity index (χ0v) is 14.8. The lowest BCUT2D eigenvalue weighted by Crippen LogP contribution is -2.24. The molecule has 1 aliphatic rings.